The molecule has 2 aromatic rings. The Balaban J connectivity index is 1.56. The van der Waals surface area contributed by atoms with E-state index in [-0.39, 0.29) is 24.2 Å². The van der Waals surface area contributed by atoms with Gasteiger partial charge < -0.3 is 14.2 Å². The number of nitrogens with zero attached hydrogens (tertiary/aromatic N) is 3. The lowest BCUT2D eigenvalue weighted by Gasteiger charge is -2.16. The molecule has 0 saturated carbocycles. The summed E-state index contributed by atoms with van der Waals surface area (Å²) in [5.74, 6) is 0.651. The number of rotatable bonds is 4. The minimum absolute atomic E-state index is 0.0517. The maximum Gasteiger partial charge on any atom is 0.260 e. The van der Waals surface area contributed by atoms with Crippen LogP contribution in [0.3, 0.4) is 0 Å². The second-order valence-corrected chi connectivity index (χ2v) is 5.73. The highest BCUT2D eigenvalue weighted by Gasteiger charge is 2.31. The largest absolute Gasteiger partial charge is 0.481 e. The second kappa shape index (κ2) is 6.36. The van der Waals surface area contributed by atoms with Crippen LogP contribution in [0.25, 0.3) is 0 Å². The zero-order chi connectivity index (χ0) is 16.4. The molecule has 0 aliphatic carbocycles. The van der Waals surface area contributed by atoms with Crippen molar-refractivity contribution in [2.24, 2.45) is 0 Å². The molecule has 0 unspecified atom stereocenters. The third kappa shape index (κ3) is 3.49. The minimum atomic E-state index is -0.468. The van der Waals surface area contributed by atoms with Gasteiger partial charge >= 0.3 is 0 Å². The van der Waals surface area contributed by atoms with Gasteiger partial charge in [-0.05, 0) is 38.0 Å². The quantitative estimate of drug-likeness (QED) is 0.864. The van der Waals surface area contributed by atoms with Crippen LogP contribution in [-0.4, -0.2) is 40.6 Å². The van der Waals surface area contributed by atoms with Gasteiger partial charge in [0.2, 0.25) is 5.89 Å². The van der Waals surface area contributed by atoms with Gasteiger partial charge in [-0.3, -0.25) is 4.79 Å². The summed E-state index contributed by atoms with van der Waals surface area (Å²) in [6, 6.07) is 4.57. The van der Waals surface area contributed by atoms with E-state index in [1.807, 2.05) is 6.92 Å². The SMILES string of the molecule is Cc1ccc(F)c(OCC(=O)N2CC[C@H](c3nc(C)no3)C2)c1. The molecular weight excluding hydrogens is 301 g/mol. The van der Waals surface area contributed by atoms with Crippen LogP contribution in [0, 0.1) is 19.7 Å². The average molecular weight is 319 g/mol. The van der Waals surface area contributed by atoms with Crippen molar-refractivity contribution >= 4 is 5.91 Å². The van der Waals surface area contributed by atoms with Gasteiger partial charge in [-0.15, -0.1) is 0 Å². The molecule has 1 fully saturated rings. The Morgan fingerprint density at radius 2 is 2.30 bits per heavy atom. The van der Waals surface area contributed by atoms with Crippen molar-refractivity contribution in [1.82, 2.24) is 15.0 Å². The van der Waals surface area contributed by atoms with Gasteiger partial charge in [0.25, 0.3) is 5.91 Å². The van der Waals surface area contributed by atoms with Crippen LogP contribution in [0.2, 0.25) is 0 Å². The molecule has 122 valence electrons. The van der Waals surface area contributed by atoms with Gasteiger partial charge in [-0.25, -0.2) is 4.39 Å². The van der Waals surface area contributed by atoms with Crippen LogP contribution < -0.4 is 4.74 Å². The summed E-state index contributed by atoms with van der Waals surface area (Å²) < 4.78 is 24.1. The van der Waals surface area contributed by atoms with E-state index in [0.29, 0.717) is 24.8 Å². The number of hydrogen-bond donors (Lipinski definition) is 0. The summed E-state index contributed by atoms with van der Waals surface area (Å²) in [5.41, 5.74) is 0.877. The maximum atomic E-state index is 13.6. The van der Waals surface area contributed by atoms with Crippen LogP contribution >= 0.6 is 0 Å². The number of aryl methyl sites for hydroxylation is 2. The summed E-state index contributed by atoms with van der Waals surface area (Å²) in [4.78, 5) is 18.1. The molecule has 7 heteroatoms. The molecule has 2 heterocycles. The number of carbonyl (C=O) groups is 1. The molecule has 1 aromatic heterocycles. The standard InChI is InChI=1S/C16H18FN3O3/c1-10-3-4-13(17)14(7-10)22-9-15(21)20-6-5-12(8-20)16-18-11(2)19-23-16/h3-4,7,12H,5-6,8-9H2,1-2H3/t12-/m0/s1. The summed E-state index contributed by atoms with van der Waals surface area (Å²) in [5, 5.41) is 3.77. The Morgan fingerprint density at radius 1 is 1.48 bits per heavy atom. The highest BCUT2D eigenvalue weighted by atomic mass is 19.1. The molecule has 1 aliphatic rings. The van der Waals surface area contributed by atoms with Gasteiger partial charge in [0.05, 0.1) is 5.92 Å². The van der Waals surface area contributed by atoms with Gasteiger partial charge in [0.15, 0.2) is 24.0 Å². The first kappa shape index (κ1) is 15.5. The number of amides is 1. The van der Waals surface area contributed by atoms with Gasteiger partial charge in [0.1, 0.15) is 0 Å². The maximum absolute atomic E-state index is 13.6. The topological polar surface area (TPSA) is 68.5 Å². The van der Waals surface area contributed by atoms with Crippen molar-refractivity contribution in [3.63, 3.8) is 0 Å². The Labute approximate surface area is 133 Å². The number of likely N-dealkylation sites (tertiary alicyclic amines) is 1. The third-order valence-electron chi connectivity index (χ3n) is 3.87. The Kier molecular flexibility index (Phi) is 4.27. The highest BCUT2D eigenvalue weighted by Crippen LogP contribution is 2.26. The number of halogens is 1. The lowest BCUT2D eigenvalue weighted by molar-refractivity contribution is -0.132. The number of carbonyl (C=O) groups excluding carboxylic acids is 1. The Morgan fingerprint density at radius 3 is 3.04 bits per heavy atom. The molecule has 1 amide bonds. The van der Waals surface area contributed by atoms with Crippen molar-refractivity contribution in [3.8, 4) is 5.75 Å². The lowest BCUT2D eigenvalue weighted by Crippen LogP contribution is -2.33. The van der Waals surface area contributed by atoms with Crippen molar-refractivity contribution in [3.05, 3.63) is 41.3 Å². The molecular formula is C16H18FN3O3. The number of benzene rings is 1. The fraction of sp³-hybridized carbons (Fsp3) is 0.438. The Bertz CT molecular complexity index is 716. The molecule has 1 saturated heterocycles. The predicted molar refractivity (Wildman–Crippen MR) is 79.6 cm³/mol. The molecule has 0 N–H and O–H groups in total. The molecule has 0 bridgehead atoms. The summed E-state index contributed by atoms with van der Waals surface area (Å²) in [6.07, 6.45) is 0.770. The smallest absolute Gasteiger partial charge is 0.260 e. The predicted octanol–water partition coefficient (Wildman–Crippen LogP) is 2.22. The fourth-order valence-electron chi connectivity index (χ4n) is 2.62. The summed E-state index contributed by atoms with van der Waals surface area (Å²) >= 11 is 0. The molecule has 1 aliphatic heterocycles. The molecule has 23 heavy (non-hydrogen) atoms. The van der Waals surface area contributed by atoms with Crippen molar-refractivity contribution in [1.29, 1.82) is 0 Å². The van der Waals surface area contributed by atoms with E-state index >= 15 is 0 Å². The first-order valence-corrected chi connectivity index (χ1v) is 7.50. The molecule has 0 radical (unpaired) electrons. The van der Waals surface area contributed by atoms with E-state index in [1.54, 1.807) is 24.0 Å². The van der Waals surface area contributed by atoms with E-state index in [1.165, 1.54) is 6.07 Å². The van der Waals surface area contributed by atoms with Crippen LogP contribution in [0.1, 0.15) is 29.6 Å². The normalized spacial score (nSPS) is 17.5. The first-order valence-electron chi connectivity index (χ1n) is 7.50. The summed E-state index contributed by atoms with van der Waals surface area (Å²) in [6.45, 7) is 4.53. The van der Waals surface area contributed by atoms with Crippen molar-refractivity contribution in [2.45, 2.75) is 26.2 Å². The van der Waals surface area contributed by atoms with Gasteiger partial charge in [0, 0.05) is 13.1 Å². The summed E-state index contributed by atoms with van der Waals surface area (Å²) in [7, 11) is 0. The molecule has 0 spiro atoms. The van der Waals surface area contributed by atoms with Gasteiger partial charge in [-0.1, -0.05) is 11.2 Å². The van der Waals surface area contributed by atoms with Crippen LogP contribution in [0.5, 0.6) is 5.75 Å². The van der Waals surface area contributed by atoms with Gasteiger partial charge in [-0.2, -0.15) is 4.98 Å². The fourth-order valence-corrected chi connectivity index (χ4v) is 2.62. The first-order chi connectivity index (χ1) is 11.0. The minimum Gasteiger partial charge on any atom is -0.481 e. The van der Waals surface area contributed by atoms with Crippen LogP contribution in [0.4, 0.5) is 4.39 Å². The van der Waals surface area contributed by atoms with E-state index < -0.39 is 5.82 Å². The number of ether oxygens (including phenoxy) is 1. The lowest BCUT2D eigenvalue weighted by atomic mass is 10.1. The molecule has 3 rings (SSSR count). The number of hydrogen-bond acceptors (Lipinski definition) is 5. The number of aromatic nitrogens is 2. The van der Waals surface area contributed by atoms with E-state index in [2.05, 4.69) is 10.1 Å². The monoisotopic (exact) mass is 319 g/mol. The van der Waals surface area contributed by atoms with E-state index in [4.69, 9.17) is 9.26 Å². The van der Waals surface area contributed by atoms with Crippen LogP contribution in [0.15, 0.2) is 22.7 Å². The van der Waals surface area contributed by atoms with E-state index in [9.17, 15) is 9.18 Å². The highest BCUT2D eigenvalue weighted by molar-refractivity contribution is 5.78. The van der Waals surface area contributed by atoms with Crippen molar-refractivity contribution in [2.75, 3.05) is 19.7 Å². The van der Waals surface area contributed by atoms with Crippen molar-refractivity contribution < 1.29 is 18.4 Å². The zero-order valence-corrected chi connectivity index (χ0v) is 13.1. The molecule has 1 atom stereocenters. The second-order valence-electron chi connectivity index (χ2n) is 5.73. The van der Waals surface area contributed by atoms with Crippen LogP contribution in [-0.2, 0) is 4.79 Å². The zero-order valence-electron chi connectivity index (χ0n) is 13.1. The third-order valence-corrected chi connectivity index (χ3v) is 3.87. The van der Waals surface area contributed by atoms with E-state index in [0.717, 1.165) is 12.0 Å². The molecule has 1 aromatic carbocycles. The Hall–Kier alpha value is -2.44. The molecule has 6 nitrogen and oxygen atoms in total. The average Bonchev–Trinajstić information content (AvgIpc) is 3.16.